The van der Waals surface area contributed by atoms with Gasteiger partial charge in [-0.2, -0.15) is 13.2 Å². The normalized spacial score (nSPS) is 12.6. The molecule has 0 aromatic heterocycles. The van der Waals surface area contributed by atoms with Gasteiger partial charge in [-0.3, -0.25) is 13.9 Å². The Balaban J connectivity index is 2.39. The number of carbonyl (C=O) groups is 2. The molecule has 7 nitrogen and oxygen atoms in total. The molecule has 1 N–H and O–H groups in total. The molecule has 0 bridgehead atoms. The van der Waals surface area contributed by atoms with Crippen LogP contribution in [0.1, 0.15) is 37.8 Å². The standard InChI is InChI=1S/C24H29BrF3N3O4S/c1-4-5-13-29-23(33)17(2)30(15-18-9-11-20(25)12-10-18)22(32)16-31(36(3,34)35)21-8-6-7-19(14-21)24(26,27)28/h6-12,14,17H,4-5,13,15-16H2,1-3H3,(H,29,33)/t17-/m0/s1. The van der Waals surface area contributed by atoms with Crippen LogP contribution in [0.3, 0.4) is 0 Å². The molecular formula is C24H29BrF3N3O4S. The lowest BCUT2D eigenvalue weighted by Crippen LogP contribution is -2.51. The highest BCUT2D eigenvalue weighted by Crippen LogP contribution is 2.32. The Morgan fingerprint density at radius 3 is 2.31 bits per heavy atom. The smallest absolute Gasteiger partial charge is 0.354 e. The summed E-state index contributed by atoms with van der Waals surface area (Å²) < 4.78 is 66.1. The number of anilines is 1. The van der Waals surface area contributed by atoms with E-state index in [0.29, 0.717) is 22.5 Å². The maximum Gasteiger partial charge on any atom is 0.416 e. The van der Waals surface area contributed by atoms with Gasteiger partial charge in [0.15, 0.2) is 0 Å². The van der Waals surface area contributed by atoms with Gasteiger partial charge in [0, 0.05) is 17.6 Å². The molecule has 0 saturated carbocycles. The summed E-state index contributed by atoms with van der Waals surface area (Å²) in [5.74, 6) is -1.15. The highest BCUT2D eigenvalue weighted by atomic mass is 79.9. The van der Waals surface area contributed by atoms with Gasteiger partial charge in [-0.1, -0.05) is 47.5 Å². The third-order valence-corrected chi connectivity index (χ3v) is 7.07. The van der Waals surface area contributed by atoms with Crippen molar-refractivity contribution >= 4 is 43.5 Å². The number of unbranched alkanes of at least 4 members (excludes halogenated alkanes) is 1. The van der Waals surface area contributed by atoms with Crippen molar-refractivity contribution in [1.29, 1.82) is 0 Å². The minimum atomic E-state index is -4.69. The van der Waals surface area contributed by atoms with Crippen molar-refractivity contribution in [3.05, 3.63) is 64.1 Å². The maximum atomic E-state index is 13.4. The molecule has 0 unspecified atom stereocenters. The predicted octanol–water partition coefficient (Wildman–Crippen LogP) is 4.57. The van der Waals surface area contributed by atoms with E-state index in [1.807, 2.05) is 6.92 Å². The zero-order valence-corrected chi connectivity index (χ0v) is 22.6. The van der Waals surface area contributed by atoms with E-state index in [0.717, 1.165) is 35.7 Å². The molecule has 0 aliphatic carbocycles. The third-order valence-electron chi connectivity index (χ3n) is 5.40. The number of amides is 2. The summed E-state index contributed by atoms with van der Waals surface area (Å²) in [5.41, 5.74) is -0.662. The summed E-state index contributed by atoms with van der Waals surface area (Å²) in [6, 6.07) is 9.79. The van der Waals surface area contributed by atoms with Crippen LogP contribution >= 0.6 is 15.9 Å². The van der Waals surface area contributed by atoms with Crippen molar-refractivity contribution in [2.24, 2.45) is 0 Å². The molecule has 198 valence electrons. The fraction of sp³-hybridized carbons (Fsp3) is 0.417. The quantitative estimate of drug-likeness (QED) is 0.388. The molecule has 0 heterocycles. The largest absolute Gasteiger partial charge is 0.416 e. The zero-order chi connectivity index (χ0) is 27.1. The van der Waals surface area contributed by atoms with Crippen molar-refractivity contribution in [1.82, 2.24) is 10.2 Å². The minimum Gasteiger partial charge on any atom is -0.354 e. The molecule has 2 aromatic carbocycles. The van der Waals surface area contributed by atoms with E-state index >= 15 is 0 Å². The molecule has 0 fully saturated rings. The van der Waals surface area contributed by atoms with E-state index < -0.39 is 46.2 Å². The molecule has 0 aliphatic heterocycles. The third kappa shape index (κ3) is 8.51. The summed E-state index contributed by atoms with van der Waals surface area (Å²) in [5, 5.41) is 2.76. The van der Waals surface area contributed by atoms with Crippen molar-refractivity contribution in [3.63, 3.8) is 0 Å². The molecule has 2 rings (SSSR count). The molecular weight excluding hydrogens is 563 g/mol. The van der Waals surface area contributed by atoms with E-state index in [4.69, 9.17) is 0 Å². The number of halogens is 4. The number of carbonyl (C=O) groups excluding carboxylic acids is 2. The lowest BCUT2D eigenvalue weighted by atomic mass is 10.1. The van der Waals surface area contributed by atoms with Gasteiger partial charge < -0.3 is 10.2 Å². The Hall–Kier alpha value is -2.60. The van der Waals surface area contributed by atoms with Crippen LogP contribution in [-0.2, 0) is 32.3 Å². The van der Waals surface area contributed by atoms with Gasteiger partial charge in [0.2, 0.25) is 21.8 Å². The van der Waals surface area contributed by atoms with Crippen molar-refractivity contribution < 1.29 is 31.2 Å². The van der Waals surface area contributed by atoms with E-state index in [1.54, 1.807) is 24.3 Å². The number of nitrogens with zero attached hydrogens (tertiary/aromatic N) is 2. The first kappa shape index (κ1) is 29.6. The van der Waals surface area contributed by atoms with Gasteiger partial charge in [0.25, 0.3) is 0 Å². The van der Waals surface area contributed by atoms with E-state index in [9.17, 15) is 31.2 Å². The van der Waals surface area contributed by atoms with Crippen LogP contribution in [0.4, 0.5) is 18.9 Å². The lowest BCUT2D eigenvalue weighted by Gasteiger charge is -2.31. The molecule has 2 aromatic rings. The summed E-state index contributed by atoms with van der Waals surface area (Å²) in [6.45, 7) is 3.12. The molecule has 12 heteroatoms. The highest BCUT2D eigenvalue weighted by Gasteiger charge is 2.33. The van der Waals surface area contributed by atoms with Crippen LogP contribution < -0.4 is 9.62 Å². The Bertz CT molecular complexity index is 1160. The summed E-state index contributed by atoms with van der Waals surface area (Å²) in [6.07, 6.45) is -2.28. The highest BCUT2D eigenvalue weighted by molar-refractivity contribution is 9.10. The first-order valence-electron chi connectivity index (χ1n) is 11.2. The number of nitrogens with one attached hydrogen (secondary N) is 1. The number of hydrogen-bond donors (Lipinski definition) is 1. The van der Waals surface area contributed by atoms with Crippen LogP contribution in [0, 0.1) is 0 Å². The fourth-order valence-electron chi connectivity index (χ4n) is 3.36. The van der Waals surface area contributed by atoms with Crippen molar-refractivity contribution in [3.8, 4) is 0 Å². The van der Waals surface area contributed by atoms with Crippen LogP contribution in [-0.4, -0.2) is 50.5 Å². The van der Waals surface area contributed by atoms with E-state index in [1.165, 1.54) is 17.9 Å². The Kier molecular flexibility index (Phi) is 10.4. The van der Waals surface area contributed by atoms with Crippen LogP contribution in [0.2, 0.25) is 0 Å². The van der Waals surface area contributed by atoms with Crippen LogP contribution in [0.5, 0.6) is 0 Å². The number of sulfonamides is 1. The number of rotatable bonds is 11. The Labute approximate surface area is 217 Å². The topological polar surface area (TPSA) is 86.8 Å². The van der Waals surface area contributed by atoms with Gasteiger partial charge in [-0.15, -0.1) is 0 Å². The first-order chi connectivity index (χ1) is 16.7. The van der Waals surface area contributed by atoms with Gasteiger partial charge in [0.05, 0.1) is 17.5 Å². The summed E-state index contributed by atoms with van der Waals surface area (Å²) >= 11 is 3.33. The maximum absolute atomic E-state index is 13.4. The first-order valence-corrected chi connectivity index (χ1v) is 13.8. The average Bonchev–Trinajstić information content (AvgIpc) is 2.80. The average molecular weight is 592 g/mol. The molecule has 36 heavy (non-hydrogen) atoms. The fourth-order valence-corrected chi connectivity index (χ4v) is 4.46. The summed E-state index contributed by atoms with van der Waals surface area (Å²) in [7, 11) is -4.14. The van der Waals surface area contributed by atoms with Crippen molar-refractivity contribution in [2.75, 3.05) is 23.7 Å². The second kappa shape index (κ2) is 12.6. The number of benzene rings is 2. The van der Waals surface area contributed by atoms with E-state index in [2.05, 4.69) is 21.2 Å². The van der Waals surface area contributed by atoms with Crippen LogP contribution in [0.25, 0.3) is 0 Å². The van der Waals surface area contributed by atoms with Gasteiger partial charge in [0.1, 0.15) is 12.6 Å². The Morgan fingerprint density at radius 2 is 1.75 bits per heavy atom. The zero-order valence-electron chi connectivity index (χ0n) is 20.2. The van der Waals surface area contributed by atoms with E-state index in [-0.39, 0.29) is 12.2 Å². The minimum absolute atomic E-state index is 0.00529. The molecule has 0 saturated heterocycles. The SMILES string of the molecule is CCCCNC(=O)[C@H](C)N(Cc1ccc(Br)cc1)C(=O)CN(c1cccc(C(F)(F)F)c1)S(C)(=O)=O. The number of hydrogen-bond acceptors (Lipinski definition) is 4. The molecule has 1 atom stereocenters. The van der Waals surface area contributed by atoms with Gasteiger partial charge in [-0.25, -0.2) is 8.42 Å². The second-order valence-corrected chi connectivity index (χ2v) is 11.1. The van der Waals surface area contributed by atoms with Gasteiger partial charge in [-0.05, 0) is 49.2 Å². The second-order valence-electron chi connectivity index (χ2n) is 8.29. The monoisotopic (exact) mass is 591 g/mol. The van der Waals surface area contributed by atoms with Crippen LogP contribution in [0.15, 0.2) is 53.0 Å². The molecule has 2 amide bonds. The predicted molar refractivity (Wildman–Crippen MR) is 136 cm³/mol. The number of alkyl halides is 3. The lowest BCUT2D eigenvalue weighted by molar-refractivity contribution is -0.139. The van der Waals surface area contributed by atoms with Crippen molar-refractivity contribution in [2.45, 2.75) is 45.5 Å². The van der Waals surface area contributed by atoms with Gasteiger partial charge >= 0.3 is 6.18 Å². The summed E-state index contributed by atoms with van der Waals surface area (Å²) in [4.78, 5) is 27.4. The Morgan fingerprint density at radius 1 is 1.11 bits per heavy atom. The molecule has 0 spiro atoms. The molecule has 0 aliphatic rings. The molecule has 0 radical (unpaired) electrons.